The lowest BCUT2D eigenvalue weighted by molar-refractivity contribution is -0.0149. The zero-order valence-corrected chi connectivity index (χ0v) is 18.9. The molecule has 11 heteroatoms. The van der Waals surface area contributed by atoms with Crippen LogP contribution in [-0.4, -0.2) is 56.3 Å². The first-order valence-electron chi connectivity index (χ1n) is 11.4. The van der Waals surface area contributed by atoms with Gasteiger partial charge in [-0.15, -0.1) is 0 Å². The molecule has 1 aliphatic heterocycles. The number of amides is 2. The summed E-state index contributed by atoms with van der Waals surface area (Å²) in [5, 5.41) is 13.3. The third kappa shape index (κ3) is 4.66. The fourth-order valence-electron chi connectivity index (χ4n) is 5.07. The second-order valence-electron chi connectivity index (χ2n) is 9.27. The molecule has 0 unspecified atom stereocenters. The third-order valence-corrected chi connectivity index (χ3v) is 7.07. The molecule has 1 spiro atoms. The van der Waals surface area contributed by atoms with Gasteiger partial charge in [-0.2, -0.15) is 0 Å². The van der Waals surface area contributed by atoms with Gasteiger partial charge < -0.3 is 20.3 Å². The van der Waals surface area contributed by atoms with E-state index in [1.165, 1.54) is 23.1 Å². The van der Waals surface area contributed by atoms with E-state index in [9.17, 15) is 19.1 Å². The number of carbonyl (C=O) groups excluding carboxylic acids is 1. The van der Waals surface area contributed by atoms with Crippen LogP contribution >= 0.6 is 0 Å². The van der Waals surface area contributed by atoms with Gasteiger partial charge in [0.25, 0.3) is 5.91 Å². The summed E-state index contributed by atoms with van der Waals surface area (Å²) in [6.45, 7) is 1.62. The first-order valence-corrected chi connectivity index (χ1v) is 11.4. The van der Waals surface area contributed by atoms with Crippen LogP contribution in [0.5, 0.6) is 0 Å². The van der Waals surface area contributed by atoms with Gasteiger partial charge in [-0.25, -0.2) is 14.2 Å². The van der Waals surface area contributed by atoms with E-state index in [0.29, 0.717) is 5.69 Å². The highest BCUT2D eigenvalue weighted by molar-refractivity contribution is 5.90. The van der Waals surface area contributed by atoms with Crippen molar-refractivity contribution in [2.24, 2.45) is 11.1 Å². The fourth-order valence-corrected chi connectivity index (χ4v) is 5.07. The Morgan fingerprint density at radius 2 is 1.91 bits per heavy atom. The first-order chi connectivity index (χ1) is 16.8. The van der Waals surface area contributed by atoms with E-state index >= 15 is 0 Å². The molecule has 0 atom stereocenters. The zero-order chi connectivity index (χ0) is 24.6. The topological polar surface area (TPSA) is 139 Å². The number of hydrogen-bond donors (Lipinski definition) is 2. The number of aromatic nitrogens is 3. The normalized spacial score (nSPS) is 17.2. The van der Waals surface area contributed by atoms with Gasteiger partial charge in [0.1, 0.15) is 11.6 Å². The zero-order valence-electron chi connectivity index (χ0n) is 18.9. The lowest BCUT2D eigenvalue weighted by Gasteiger charge is -2.54. The molecule has 1 aliphatic carbocycles. The molecule has 5 rings (SSSR count). The van der Waals surface area contributed by atoms with Crippen LogP contribution in [0.3, 0.4) is 0 Å². The molecule has 1 saturated heterocycles. The second kappa shape index (κ2) is 8.97. The van der Waals surface area contributed by atoms with Crippen molar-refractivity contribution < 1.29 is 23.6 Å². The number of nitrogens with two attached hydrogens (primary N) is 1. The Morgan fingerprint density at radius 1 is 1.20 bits per heavy atom. The highest BCUT2D eigenvalue weighted by Crippen LogP contribution is 2.51. The van der Waals surface area contributed by atoms with Gasteiger partial charge in [0, 0.05) is 30.8 Å². The molecule has 182 valence electrons. The standard InChI is InChI=1S/C24H25FN6O4/c25-16-3-1-15(2-4-16)20-12-27-13-21(28-20)30-7-5-24(6-8-30)10-17(11-24)31(23(33)34)14-18-9-19(22(26)32)29-35-18/h1-4,9,12-13,17H,5-8,10-11,14H2,(H2,26,32)(H,33,34). The van der Waals surface area contributed by atoms with Crippen molar-refractivity contribution in [3.05, 3.63) is 60.0 Å². The molecule has 0 radical (unpaired) electrons. The number of nitrogens with zero attached hydrogens (tertiary/aromatic N) is 5. The summed E-state index contributed by atoms with van der Waals surface area (Å²) in [6.07, 6.45) is 5.75. The largest absolute Gasteiger partial charge is 0.465 e. The van der Waals surface area contributed by atoms with E-state index < -0.39 is 12.0 Å². The maximum absolute atomic E-state index is 13.2. The van der Waals surface area contributed by atoms with Gasteiger partial charge in [0.2, 0.25) is 0 Å². The molecule has 2 aliphatic rings. The molecule has 3 N–H and O–H groups in total. The lowest BCUT2D eigenvalue weighted by atomic mass is 9.60. The Balaban J connectivity index is 1.19. The average Bonchev–Trinajstić information content (AvgIpc) is 3.31. The van der Waals surface area contributed by atoms with Gasteiger partial charge in [0.15, 0.2) is 11.5 Å². The number of anilines is 1. The summed E-state index contributed by atoms with van der Waals surface area (Å²) in [5.74, 6) is 0.0525. The monoisotopic (exact) mass is 480 g/mol. The number of halogens is 1. The maximum Gasteiger partial charge on any atom is 0.407 e. The number of carboxylic acid groups (broad SMARTS) is 1. The van der Waals surface area contributed by atoms with E-state index in [0.717, 1.165) is 50.2 Å². The van der Waals surface area contributed by atoms with Crippen LogP contribution in [0.4, 0.5) is 15.0 Å². The first kappa shape index (κ1) is 22.8. The van der Waals surface area contributed by atoms with Crippen molar-refractivity contribution in [3.8, 4) is 11.3 Å². The molecular formula is C24H25FN6O4. The van der Waals surface area contributed by atoms with E-state index in [1.54, 1.807) is 24.5 Å². The van der Waals surface area contributed by atoms with Crippen LogP contribution in [-0.2, 0) is 6.54 Å². The maximum atomic E-state index is 13.2. The number of piperidine rings is 1. The van der Waals surface area contributed by atoms with Gasteiger partial charge in [0.05, 0.1) is 24.6 Å². The highest BCUT2D eigenvalue weighted by Gasteiger charge is 2.49. The van der Waals surface area contributed by atoms with E-state index in [-0.39, 0.29) is 35.3 Å². The van der Waals surface area contributed by atoms with Crippen molar-refractivity contribution in [2.75, 3.05) is 18.0 Å². The van der Waals surface area contributed by atoms with Crippen molar-refractivity contribution in [1.29, 1.82) is 0 Å². The Labute approximate surface area is 200 Å². The second-order valence-corrected chi connectivity index (χ2v) is 9.27. The Bertz CT molecular complexity index is 1230. The molecule has 10 nitrogen and oxygen atoms in total. The quantitative estimate of drug-likeness (QED) is 0.548. The van der Waals surface area contributed by atoms with Crippen LogP contribution in [0.15, 0.2) is 47.2 Å². The highest BCUT2D eigenvalue weighted by atomic mass is 19.1. The van der Waals surface area contributed by atoms with Crippen LogP contribution in [0, 0.1) is 11.2 Å². The van der Waals surface area contributed by atoms with Crippen LogP contribution in [0.25, 0.3) is 11.3 Å². The number of carbonyl (C=O) groups is 2. The lowest BCUT2D eigenvalue weighted by Crippen LogP contribution is -2.56. The minimum Gasteiger partial charge on any atom is -0.465 e. The molecular weight excluding hydrogens is 455 g/mol. The summed E-state index contributed by atoms with van der Waals surface area (Å²) in [4.78, 5) is 35.7. The predicted molar refractivity (Wildman–Crippen MR) is 123 cm³/mol. The van der Waals surface area contributed by atoms with E-state index in [1.807, 2.05) is 0 Å². The van der Waals surface area contributed by atoms with Gasteiger partial charge in [-0.05, 0) is 55.4 Å². The smallest absolute Gasteiger partial charge is 0.407 e. The molecule has 2 amide bonds. The minimum atomic E-state index is -1.04. The Kier molecular flexibility index (Phi) is 5.83. The number of rotatable bonds is 6. The molecule has 1 aromatic carbocycles. The van der Waals surface area contributed by atoms with E-state index in [2.05, 4.69) is 15.0 Å². The summed E-state index contributed by atoms with van der Waals surface area (Å²) < 4.78 is 18.3. The summed E-state index contributed by atoms with van der Waals surface area (Å²) in [5.41, 5.74) is 6.76. The number of hydrogen-bond acceptors (Lipinski definition) is 7. The predicted octanol–water partition coefficient (Wildman–Crippen LogP) is 3.30. The molecule has 1 saturated carbocycles. The van der Waals surface area contributed by atoms with Crippen molar-refractivity contribution in [1.82, 2.24) is 20.0 Å². The van der Waals surface area contributed by atoms with Crippen LogP contribution in [0.1, 0.15) is 41.9 Å². The van der Waals surface area contributed by atoms with Gasteiger partial charge in [-0.3, -0.25) is 14.7 Å². The van der Waals surface area contributed by atoms with Crippen LogP contribution in [0.2, 0.25) is 0 Å². The van der Waals surface area contributed by atoms with Crippen molar-refractivity contribution in [2.45, 2.75) is 38.3 Å². The SMILES string of the molecule is NC(=O)c1cc(CN(C(=O)O)C2CC3(CCN(c4cncc(-c5ccc(F)cc5)n4)CC3)C2)on1. The minimum absolute atomic E-state index is 0.0191. The molecule has 3 aromatic rings. The van der Waals surface area contributed by atoms with Crippen molar-refractivity contribution >= 4 is 17.8 Å². The summed E-state index contributed by atoms with van der Waals surface area (Å²) >= 11 is 0. The number of primary amides is 1. The molecule has 2 fully saturated rings. The Hall–Kier alpha value is -4.02. The fraction of sp³-hybridized carbons (Fsp3) is 0.375. The third-order valence-electron chi connectivity index (χ3n) is 7.07. The van der Waals surface area contributed by atoms with Gasteiger partial charge in [-0.1, -0.05) is 5.16 Å². The molecule has 3 heterocycles. The van der Waals surface area contributed by atoms with Crippen molar-refractivity contribution in [3.63, 3.8) is 0 Å². The summed E-state index contributed by atoms with van der Waals surface area (Å²) in [7, 11) is 0. The van der Waals surface area contributed by atoms with E-state index in [4.69, 9.17) is 15.2 Å². The molecule has 35 heavy (non-hydrogen) atoms. The molecule has 0 bridgehead atoms. The Morgan fingerprint density at radius 3 is 2.54 bits per heavy atom. The average molecular weight is 481 g/mol. The summed E-state index contributed by atoms with van der Waals surface area (Å²) in [6, 6.07) is 7.44. The number of benzene rings is 1. The van der Waals surface area contributed by atoms with Gasteiger partial charge >= 0.3 is 6.09 Å². The molecule has 2 aromatic heterocycles. The van der Waals surface area contributed by atoms with Crippen LogP contribution < -0.4 is 10.6 Å².